The van der Waals surface area contributed by atoms with E-state index in [4.69, 9.17) is 4.52 Å². The summed E-state index contributed by atoms with van der Waals surface area (Å²) >= 11 is 1.16. The third kappa shape index (κ3) is 4.62. The maximum Gasteiger partial charge on any atom is 0.277 e. The van der Waals surface area contributed by atoms with Gasteiger partial charge in [-0.25, -0.2) is 17.8 Å². The molecule has 0 spiro atoms. The highest BCUT2D eigenvalue weighted by molar-refractivity contribution is 7.93. The van der Waals surface area contributed by atoms with E-state index in [-0.39, 0.29) is 27.3 Å². The molecule has 0 saturated heterocycles. The molecular formula is C20H15FN4O4S2. The minimum Gasteiger partial charge on any atom is -0.355 e. The van der Waals surface area contributed by atoms with E-state index in [0.717, 1.165) is 11.3 Å². The number of benzene rings is 2. The maximum atomic E-state index is 13.7. The zero-order valence-electron chi connectivity index (χ0n) is 16.0. The highest BCUT2D eigenvalue weighted by Gasteiger charge is 2.17. The lowest BCUT2D eigenvalue weighted by molar-refractivity contribution is 0.101. The Morgan fingerprint density at radius 3 is 2.58 bits per heavy atom. The normalized spacial score (nSPS) is 11.3. The number of aryl methyl sites for hydroxylation is 1. The summed E-state index contributed by atoms with van der Waals surface area (Å²) in [6.07, 6.45) is 1.49. The number of sulfonamides is 1. The Morgan fingerprint density at radius 1 is 1.13 bits per heavy atom. The van der Waals surface area contributed by atoms with E-state index in [1.54, 1.807) is 24.4 Å². The van der Waals surface area contributed by atoms with Gasteiger partial charge in [0, 0.05) is 28.9 Å². The summed E-state index contributed by atoms with van der Waals surface area (Å²) in [6, 6.07) is 11.6. The van der Waals surface area contributed by atoms with Crippen LogP contribution in [0.5, 0.6) is 0 Å². The number of hydrogen-bond acceptors (Lipinski definition) is 7. The Hall–Kier alpha value is -3.57. The van der Waals surface area contributed by atoms with Gasteiger partial charge in [-0.05, 0) is 42.8 Å². The molecule has 11 heteroatoms. The van der Waals surface area contributed by atoms with Crippen LogP contribution in [0.3, 0.4) is 0 Å². The summed E-state index contributed by atoms with van der Waals surface area (Å²) in [7, 11) is -3.79. The number of thiazole rings is 1. The van der Waals surface area contributed by atoms with Crippen molar-refractivity contribution in [2.24, 2.45) is 0 Å². The van der Waals surface area contributed by atoms with E-state index < -0.39 is 15.9 Å². The predicted octanol–water partition coefficient (Wildman–Crippen LogP) is 4.30. The molecular weight excluding hydrogens is 443 g/mol. The Balaban J connectivity index is 1.45. The molecule has 2 aromatic carbocycles. The lowest BCUT2D eigenvalue weighted by Crippen LogP contribution is -2.14. The zero-order chi connectivity index (χ0) is 22.0. The molecule has 2 heterocycles. The topological polar surface area (TPSA) is 114 Å². The molecule has 4 rings (SSSR count). The Labute approximate surface area is 180 Å². The van der Waals surface area contributed by atoms with Gasteiger partial charge in [0.2, 0.25) is 0 Å². The van der Waals surface area contributed by atoms with Gasteiger partial charge >= 0.3 is 0 Å². The molecule has 0 aliphatic heterocycles. The van der Waals surface area contributed by atoms with Crippen LogP contribution in [0.2, 0.25) is 0 Å². The summed E-state index contributed by atoms with van der Waals surface area (Å²) in [5.74, 6) is -0.697. The number of nitrogens with zero attached hydrogens (tertiary/aromatic N) is 2. The van der Waals surface area contributed by atoms with Gasteiger partial charge in [-0.2, -0.15) is 0 Å². The molecule has 2 aromatic heterocycles. The van der Waals surface area contributed by atoms with Crippen molar-refractivity contribution in [2.75, 3.05) is 10.0 Å². The molecule has 0 atom stereocenters. The molecule has 31 heavy (non-hydrogen) atoms. The fraction of sp³-hybridized carbons (Fsp3) is 0.0500. The first-order valence-electron chi connectivity index (χ1n) is 8.89. The van der Waals surface area contributed by atoms with Crippen molar-refractivity contribution in [1.29, 1.82) is 0 Å². The molecule has 0 aliphatic rings. The quantitative estimate of drug-likeness (QED) is 0.445. The fourth-order valence-corrected chi connectivity index (χ4v) is 4.41. The van der Waals surface area contributed by atoms with Crippen molar-refractivity contribution in [3.63, 3.8) is 0 Å². The smallest absolute Gasteiger partial charge is 0.277 e. The number of amides is 1. The number of hydrogen-bond donors (Lipinski definition) is 2. The molecule has 158 valence electrons. The molecule has 0 saturated carbocycles. The molecule has 8 nitrogen and oxygen atoms in total. The molecule has 0 fully saturated rings. The number of aromatic nitrogens is 2. The van der Waals surface area contributed by atoms with Gasteiger partial charge in [0.25, 0.3) is 15.9 Å². The first-order chi connectivity index (χ1) is 14.8. The molecule has 1 amide bonds. The summed E-state index contributed by atoms with van der Waals surface area (Å²) in [4.78, 5) is 16.3. The number of nitrogens with one attached hydrogen (secondary N) is 2. The van der Waals surface area contributed by atoms with Gasteiger partial charge in [-0.1, -0.05) is 17.3 Å². The van der Waals surface area contributed by atoms with Crippen LogP contribution < -0.4 is 10.0 Å². The van der Waals surface area contributed by atoms with Crippen LogP contribution in [0.1, 0.15) is 16.1 Å². The standard InChI is InChI=1S/C20H15FN4O4S2/c1-12-2-3-13(10-16(12)21)18-11-17(24-29-18)19(26)23-14-4-6-15(7-5-14)31(27,28)25-20-22-8-9-30-20/h2-11H,1H3,(H,22,25)(H,23,26). The average Bonchev–Trinajstić information content (AvgIpc) is 3.42. The lowest BCUT2D eigenvalue weighted by atomic mass is 10.1. The SMILES string of the molecule is Cc1ccc(-c2cc(C(=O)Nc3ccc(S(=O)(=O)Nc4nccs4)cc3)no2)cc1F. The second kappa shape index (κ2) is 8.28. The number of rotatable bonds is 6. The first kappa shape index (κ1) is 20.7. The van der Waals surface area contributed by atoms with Crippen molar-refractivity contribution in [1.82, 2.24) is 10.1 Å². The van der Waals surface area contributed by atoms with E-state index in [1.165, 1.54) is 42.6 Å². The molecule has 4 aromatic rings. The van der Waals surface area contributed by atoms with E-state index >= 15 is 0 Å². The predicted molar refractivity (Wildman–Crippen MR) is 114 cm³/mol. The molecule has 0 bridgehead atoms. The van der Waals surface area contributed by atoms with Gasteiger partial charge in [0.1, 0.15) is 5.82 Å². The largest absolute Gasteiger partial charge is 0.355 e. The summed E-state index contributed by atoms with van der Waals surface area (Å²) in [5.41, 5.74) is 1.31. The maximum absolute atomic E-state index is 13.7. The van der Waals surface area contributed by atoms with Crippen LogP contribution in [0, 0.1) is 12.7 Å². The first-order valence-corrected chi connectivity index (χ1v) is 11.2. The van der Waals surface area contributed by atoms with Gasteiger partial charge in [-0.3, -0.25) is 9.52 Å². The fourth-order valence-electron chi connectivity index (χ4n) is 2.62. The Kier molecular flexibility index (Phi) is 5.53. The van der Waals surface area contributed by atoms with Crippen molar-refractivity contribution in [2.45, 2.75) is 11.8 Å². The minimum atomic E-state index is -3.79. The molecule has 0 aliphatic carbocycles. The van der Waals surface area contributed by atoms with E-state index in [9.17, 15) is 17.6 Å². The monoisotopic (exact) mass is 458 g/mol. The van der Waals surface area contributed by atoms with Crippen molar-refractivity contribution < 1.29 is 22.1 Å². The summed E-state index contributed by atoms with van der Waals surface area (Å²) < 4.78 is 46.0. The van der Waals surface area contributed by atoms with Crippen molar-refractivity contribution >= 4 is 38.1 Å². The van der Waals surface area contributed by atoms with Crippen molar-refractivity contribution in [3.05, 3.63) is 77.2 Å². The van der Waals surface area contributed by atoms with Crippen LogP contribution in [0.15, 0.2) is 69.5 Å². The van der Waals surface area contributed by atoms with Crippen LogP contribution in [-0.4, -0.2) is 24.5 Å². The molecule has 0 radical (unpaired) electrons. The third-order valence-electron chi connectivity index (χ3n) is 4.28. The van der Waals surface area contributed by atoms with Crippen LogP contribution >= 0.6 is 11.3 Å². The summed E-state index contributed by atoms with van der Waals surface area (Å²) in [5, 5.41) is 8.24. The lowest BCUT2D eigenvalue weighted by Gasteiger charge is -2.07. The third-order valence-corrected chi connectivity index (χ3v) is 6.45. The number of carbonyl (C=O) groups is 1. The molecule has 0 unspecified atom stereocenters. The van der Waals surface area contributed by atoms with E-state index in [0.29, 0.717) is 16.8 Å². The van der Waals surface area contributed by atoms with Crippen LogP contribution in [0.25, 0.3) is 11.3 Å². The van der Waals surface area contributed by atoms with Crippen molar-refractivity contribution in [3.8, 4) is 11.3 Å². The Morgan fingerprint density at radius 2 is 1.90 bits per heavy atom. The number of halogens is 1. The number of carbonyl (C=O) groups excluding carboxylic acids is 1. The van der Waals surface area contributed by atoms with Crippen LogP contribution in [0.4, 0.5) is 15.2 Å². The second-order valence-corrected chi connectivity index (χ2v) is 9.04. The van der Waals surface area contributed by atoms with E-state index in [1.807, 2.05) is 0 Å². The second-order valence-electron chi connectivity index (χ2n) is 6.46. The van der Waals surface area contributed by atoms with Gasteiger partial charge in [0.05, 0.1) is 4.90 Å². The van der Waals surface area contributed by atoms with Crippen LogP contribution in [-0.2, 0) is 10.0 Å². The van der Waals surface area contributed by atoms with E-state index in [2.05, 4.69) is 20.2 Å². The average molecular weight is 458 g/mol. The highest BCUT2D eigenvalue weighted by Crippen LogP contribution is 2.24. The number of anilines is 2. The summed E-state index contributed by atoms with van der Waals surface area (Å²) in [6.45, 7) is 1.64. The minimum absolute atomic E-state index is 0.00174. The Bertz CT molecular complexity index is 1330. The molecule has 2 N–H and O–H groups in total. The zero-order valence-corrected chi connectivity index (χ0v) is 17.6. The highest BCUT2D eigenvalue weighted by atomic mass is 32.2. The van der Waals surface area contributed by atoms with Gasteiger partial charge in [0.15, 0.2) is 16.6 Å². The van der Waals surface area contributed by atoms with Gasteiger partial charge in [-0.15, -0.1) is 11.3 Å². The van der Waals surface area contributed by atoms with Gasteiger partial charge < -0.3 is 9.84 Å².